The minimum absolute atomic E-state index is 0.0762. The van der Waals surface area contributed by atoms with E-state index in [1.165, 1.54) is 6.92 Å². The summed E-state index contributed by atoms with van der Waals surface area (Å²) in [4.78, 5) is 15.5. The number of fused-ring (bicyclic) bond motifs is 1. The molecule has 0 bridgehead atoms. The third kappa shape index (κ3) is 2.84. The molecule has 0 saturated carbocycles. The van der Waals surface area contributed by atoms with Crippen LogP contribution in [-0.2, 0) is 4.79 Å². The zero-order valence-corrected chi connectivity index (χ0v) is 11.6. The topological polar surface area (TPSA) is 68.0 Å². The second kappa shape index (κ2) is 5.25. The number of carbonyl (C=O) groups is 1. The Balaban J connectivity index is 1.96. The van der Waals surface area contributed by atoms with Gasteiger partial charge in [-0.15, -0.1) is 0 Å². The number of nitrogens with zero attached hydrogens (tertiary/aromatic N) is 1. The summed E-state index contributed by atoms with van der Waals surface area (Å²) < 4.78 is 0. The highest BCUT2D eigenvalue weighted by atomic mass is 16.1. The van der Waals surface area contributed by atoms with Gasteiger partial charge in [0.1, 0.15) is 0 Å². The van der Waals surface area contributed by atoms with Crippen LogP contribution in [0.4, 0.5) is 11.4 Å². The third-order valence-electron chi connectivity index (χ3n) is 3.25. The number of benzene rings is 2. The maximum atomic E-state index is 11.0. The average molecular weight is 277 g/mol. The lowest BCUT2D eigenvalue weighted by molar-refractivity contribution is -0.114. The molecule has 104 valence electrons. The molecular formula is C17H15N3O. The van der Waals surface area contributed by atoms with E-state index in [0.717, 1.165) is 27.7 Å². The second-order valence-corrected chi connectivity index (χ2v) is 4.93. The molecule has 0 aliphatic heterocycles. The SMILES string of the molecule is CC(=O)Nc1ccc(-c2cnc3cc(N)ccc3c2)cc1. The highest BCUT2D eigenvalue weighted by Crippen LogP contribution is 2.25. The molecule has 1 amide bonds. The summed E-state index contributed by atoms with van der Waals surface area (Å²) in [7, 11) is 0. The molecule has 0 saturated heterocycles. The van der Waals surface area contributed by atoms with Crippen LogP contribution in [0.5, 0.6) is 0 Å². The number of carbonyl (C=O) groups excluding carboxylic acids is 1. The van der Waals surface area contributed by atoms with Gasteiger partial charge in [0, 0.05) is 35.4 Å². The van der Waals surface area contributed by atoms with Crippen molar-refractivity contribution in [3.8, 4) is 11.1 Å². The van der Waals surface area contributed by atoms with Crippen LogP contribution in [0.15, 0.2) is 54.7 Å². The summed E-state index contributed by atoms with van der Waals surface area (Å²) in [6.07, 6.45) is 1.83. The van der Waals surface area contributed by atoms with E-state index in [9.17, 15) is 4.79 Å². The van der Waals surface area contributed by atoms with Crippen LogP contribution in [0.1, 0.15) is 6.92 Å². The zero-order valence-electron chi connectivity index (χ0n) is 11.6. The van der Waals surface area contributed by atoms with Gasteiger partial charge in [0.2, 0.25) is 5.91 Å². The summed E-state index contributed by atoms with van der Waals surface area (Å²) in [5, 5.41) is 3.80. The monoisotopic (exact) mass is 277 g/mol. The fourth-order valence-electron chi connectivity index (χ4n) is 2.25. The van der Waals surface area contributed by atoms with Crippen molar-refractivity contribution in [3.63, 3.8) is 0 Å². The molecule has 1 heterocycles. The highest BCUT2D eigenvalue weighted by molar-refractivity contribution is 5.89. The smallest absolute Gasteiger partial charge is 0.221 e. The molecule has 21 heavy (non-hydrogen) atoms. The molecule has 0 aliphatic rings. The van der Waals surface area contributed by atoms with Crippen molar-refractivity contribution >= 4 is 28.2 Å². The van der Waals surface area contributed by atoms with Crippen LogP contribution in [0.3, 0.4) is 0 Å². The molecule has 2 aromatic carbocycles. The minimum atomic E-state index is -0.0762. The zero-order chi connectivity index (χ0) is 14.8. The van der Waals surface area contributed by atoms with Crippen molar-refractivity contribution in [1.82, 2.24) is 4.98 Å². The van der Waals surface area contributed by atoms with Gasteiger partial charge in [-0.3, -0.25) is 9.78 Å². The molecular weight excluding hydrogens is 262 g/mol. The number of nitrogens with two attached hydrogens (primary N) is 1. The molecule has 0 unspecified atom stereocenters. The predicted molar refractivity (Wildman–Crippen MR) is 85.9 cm³/mol. The van der Waals surface area contributed by atoms with E-state index >= 15 is 0 Å². The van der Waals surface area contributed by atoms with Crippen molar-refractivity contribution in [2.24, 2.45) is 0 Å². The maximum absolute atomic E-state index is 11.0. The lowest BCUT2D eigenvalue weighted by Crippen LogP contribution is -2.05. The van der Waals surface area contributed by atoms with Gasteiger partial charge in [0.15, 0.2) is 0 Å². The fraction of sp³-hybridized carbons (Fsp3) is 0.0588. The first-order valence-electron chi connectivity index (χ1n) is 6.65. The molecule has 1 aromatic heterocycles. The van der Waals surface area contributed by atoms with Crippen LogP contribution in [0, 0.1) is 0 Å². The van der Waals surface area contributed by atoms with Crippen LogP contribution in [0.2, 0.25) is 0 Å². The van der Waals surface area contributed by atoms with E-state index < -0.39 is 0 Å². The Morgan fingerprint density at radius 2 is 1.81 bits per heavy atom. The lowest BCUT2D eigenvalue weighted by Gasteiger charge is -2.06. The number of hydrogen-bond donors (Lipinski definition) is 2. The first-order valence-corrected chi connectivity index (χ1v) is 6.65. The van der Waals surface area contributed by atoms with E-state index in [4.69, 9.17) is 5.73 Å². The number of pyridine rings is 1. The number of nitrogens with one attached hydrogen (secondary N) is 1. The van der Waals surface area contributed by atoms with Crippen LogP contribution in [-0.4, -0.2) is 10.9 Å². The molecule has 0 aliphatic carbocycles. The minimum Gasteiger partial charge on any atom is -0.399 e. The summed E-state index contributed by atoms with van der Waals surface area (Å²) in [5.74, 6) is -0.0762. The molecule has 3 aromatic rings. The number of nitrogen functional groups attached to an aromatic ring is 1. The Morgan fingerprint density at radius 3 is 2.52 bits per heavy atom. The Labute approximate surface area is 122 Å². The van der Waals surface area contributed by atoms with E-state index in [2.05, 4.69) is 16.4 Å². The van der Waals surface area contributed by atoms with Gasteiger partial charge < -0.3 is 11.1 Å². The number of amides is 1. The first-order chi connectivity index (χ1) is 10.1. The molecule has 3 rings (SSSR count). The Bertz CT molecular complexity index is 810. The summed E-state index contributed by atoms with van der Waals surface area (Å²) >= 11 is 0. The van der Waals surface area contributed by atoms with Gasteiger partial charge in [-0.2, -0.15) is 0 Å². The maximum Gasteiger partial charge on any atom is 0.221 e. The second-order valence-electron chi connectivity index (χ2n) is 4.93. The van der Waals surface area contributed by atoms with Gasteiger partial charge in [-0.1, -0.05) is 18.2 Å². The van der Waals surface area contributed by atoms with E-state index in [1.807, 2.05) is 48.7 Å². The van der Waals surface area contributed by atoms with Crippen molar-refractivity contribution in [3.05, 3.63) is 54.7 Å². The Kier molecular flexibility index (Phi) is 3.28. The van der Waals surface area contributed by atoms with Crippen LogP contribution >= 0.6 is 0 Å². The third-order valence-corrected chi connectivity index (χ3v) is 3.25. The molecule has 0 atom stereocenters. The number of anilines is 2. The Morgan fingerprint density at radius 1 is 1.05 bits per heavy atom. The first kappa shape index (κ1) is 13.1. The summed E-state index contributed by atoms with van der Waals surface area (Å²) in [5.41, 5.74) is 10.2. The summed E-state index contributed by atoms with van der Waals surface area (Å²) in [6.45, 7) is 1.49. The Hall–Kier alpha value is -2.88. The molecule has 4 nitrogen and oxygen atoms in total. The van der Waals surface area contributed by atoms with Crippen LogP contribution in [0.25, 0.3) is 22.0 Å². The molecule has 0 radical (unpaired) electrons. The van der Waals surface area contributed by atoms with E-state index in [1.54, 1.807) is 0 Å². The van der Waals surface area contributed by atoms with Crippen molar-refractivity contribution in [1.29, 1.82) is 0 Å². The molecule has 0 spiro atoms. The predicted octanol–water partition coefficient (Wildman–Crippen LogP) is 3.44. The average Bonchev–Trinajstić information content (AvgIpc) is 2.47. The molecule has 3 N–H and O–H groups in total. The van der Waals surface area contributed by atoms with Crippen molar-refractivity contribution in [2.75, 3.05) is 11.1 Å². The lowest BCUT2D eigenvalue weighted by atomic mass is 10.0. The normalized spacial score (nSPS) is 10.5. The van der Waals surface area contributed by atoms with Gasteiger partial charge in [-0.25, -0.2) is 0 Å². The fourth-order valence-corrected chi connectivity index (χ4v) is 2.25. The van der Waals surface area contributed by atoms with Gasteiger partial charge in [0.05, 0.1) is 5.52 Å². The number of aromatic nitrogens is 1. The van der Waals surface area contributed by atoms with Crippen molar-refractivity contribution < 1.29 is 4.79 Å². The van der Waals surface area contributed by atoms with Gasteiger partial charge >= 0.3 is 0 Å². The van der Waals surface area contributed by atoms with Gasteiger partial charge in [0.25, 0.3) is 0 Å². The summed E-state index contributed by atoms with van der Waals surface area (Å²) in [6, 6.07) is 15.5. The van der Waals surface area contributed by atoms with Crippen molar-refractivity contribution in [2.45, 2.75) is 6.92 Å². The van der Waals surface area contributed by atoms with E-state index in [-0.39, 0.29) is 5.91 Å². The largest absolute Gasteiger partial charge is 0.399 e. The van der Waals surface area contributed by atoms with E-state index in [0.29, 0.717) is 5.69 Å². The number of rotatable bonds is 2. The number of hydrogen-bond acceptors (Lipinski definition) is 3. The van der Waals surface area contributed by atoms with Gasteiger partial charge in [-0.05, 0) is 35.9 Å². The molecule has 0 fully saturated rings. The van der Waals surface area contributed by atoms with Crippen LogP contribution < -0.4 is 11.1 Å². The quantitative estimate of drug-likeness (QED) is 0.705. The standard InChI is InChI=1S/C17H15N3O/c1-11(21)20-16-6-3-12(4-7-16)14-8-13-2-5-15(18)9-17(13)19-10-14/h2-10H,18H2,1H3,(H,20,21). The molecule has 4 heteroatoms. The highest BCUT2D eigenvalue weighted by Gasteiger charge is 2.02.